The maximum absolute atomic E-state index is 12.3. The van der Waals surface area contributed by atoms with E-state index < -0.39 is 11.6 Å². The van der Waals surface area contributed by atoms with Gasteiger partial charge in [-0.1, -0.05) is 123 Å². The maximum atomic E-state index is 12.3. The molecule has 3 fully saturated rings. The second-order valence-corrected chi connectivity index (χ2v) is 12.5. The van der Waals surface area contributed by atoms with Crippen molar-refractivity contribution in [3.8, 4) is 0 Å². The van der Waals surface area contributed by atoms with Gasteiger partial charge >= 0.3 is 0 Å². The first kappa shape index (κ1) is 48.6. The molecule has 0 spiro atoms. The van der Waals surface area contributed by atoms with Crippen molar-refractivity contribution in [3.63, 3.8) is 0 Å². The predicted molar refractivity (Wildman–Crippen MR) is 215 cm³/mol. The number of benzene rings is 5. The van der Waals surface area contributed by atoms with Gasteiger partial charge in [-0.25, -0.2) is 22.0 Å². The molecular formula is C47H59F5O3. The molecular weight excluding hydrogens is 708 g/mol. The van der Waals surface area contributed by atoms with E-state index >= 15 is 0 Å². The van der Waals surface area contributed by atoms with Crippen LogP contribution in [0.3, 0.4) is 0 Å². The summed E-state index contributed by atoms with van der Waals surface area (Å²) in [5.41, 5.74) is 2.14. The van der Waals surface area contributed by atoms with Gasteiger partial charge in [0.25, 0.3) is 0 Å². The van der Waals surface area contributed by atoms with Crippen LogP contribution >= 0.6 is 0 Å². The third-order valence-electron chi connectivity index (χ3n) is 7.71. The lowest BCUT2D eigenvalue weighted by Crippen LogP contribution is -2.11. The zero-order chi connectivity index (χ0) is 40.0. The minimum absolute atomic E-state index is 0.155. The summed E-state index contributed by atoms with van der Waals surface area (Å²) < 4.78 is 74.8. The van der Waals surface area contributed by atoms with Gasteiger partial charge in [-0.15, -0.1) is 0 Å². The largest absolute Gasteiger partial charge is 0.381 e. The molecule has 5 aromatic carbocycles. The van der Waals surface area contributed by atoms with Gasteiger partial charge in [-0.3, -0.25) is 0 Å². The molecule has 300 valence electrons. The summed E-state index contributed by atoms with van der Waals surface area (Å²) in [5, 5.41) is 0. The standard InChI is InChI=1S/C8H9F.C6H4F2.2C6H5F.C6H12.C6H6.C5H10O.C4H8O2/c1-6-3-4-8(9)5-7(6)2;7-5-2-1-3-6(8)4-5;2*7-6-4-2-1-3-5-6;3*1-2-4-6-5-3-1;1-2-5-4-6-3-1/h3-5H,1-2H3;1-4H;2*1-5H;1-6H2;1-6H;1-5H2;1-4H2. The summed E-state index contributed by atoms with van der Waals surface area (Å²) >= 11 is 0. The molecule has 0 atom stereocenters. The lowest BCUT2D eigenvalue weighted by molar-refractivity contribution is -0.0963. The van der Waals surface area contributed by atoms with E-state index in [9.17, 15) is 22.0 Å². The third-order valence-corrected chi connectivity index (χ3v) is 7.71. The Kier molecular flexibility index (Phi) is 31.3. The Labute approximate surface area is 326 Å². The summed E-state index contributed by atoms with van der Waals surface area (Å²) in [7, 11) is 0. The van der Waals surface area contributed by atoms with E-state index in [0.29, 0.717) is 6.79 Å². The Morgan fingerprint density at radius 1 is 0.309 bits per heavy atom. The molecule has 0 unspecified atom stereocenters. The van der Waals surface area contributed by atoms with Gasteiger partial charge in [0.05, 0.1) is 13.2 Å². The highest BCUT2D eigenvalue weighted by molar-refractivity contribution is 5.24. The lowest BCUT2D eigenvalue weighted by Gasteiger charge is -2.09. The summed E-state index contributed by atoms with van der Waals surface area (Å²) in [6.45, 7) is 8.12. The van der Waals surface area contributed by atoms with Crippen molar-refractivity contribution in [1.29, 1.82) is 0 Å². The average molecular weight is 767 g/mol. The van der Waals surface area contributed by atoms with Gasteiger partial charge in [0, 0.05) is 19.3 Å². The molecule has 0 aromatic heterocycles. The molecule has 55 heavy (non-hydrogen) atoms. The fourth-order valence-corrected chi connectivity index (χ4v) is 4.57. The first-order valence-corrected chi connectivity index (χ1v) is 19.1. The van der Waals surface area contributed by atoms with Gasteiger partial charge < -0.3 is 14.2 Å². The van der Waals surface area contributed by atoms with Crippen LogP contribution in [-0.2, 0) is 14.2 Å². The van der Waals surface area contributed by atoms with Crippen LogP contribution in [0.25, 0.3) is 0 Å². The Morgan fingerprint density at radius 2 is 0.655 bits per heavy atom. The number of aryl methyl sites for hydroxylation is 2. The lowest BCUT2D eigenvalue weighted by atomic mass is 10.0. The van der Waals surface area contributed by atoms with Crippen molar-refractivity contribution in [1.82, 2.24) is 0 Å². The van der Waals surface area contributed by atoms with Gasteiger partial charge in [-0.05, 0) is 99.2 Å². The zero-order valence-corrected chi connectivity index (χ0v) is 32.5. The SMILES string of the molecule is C1CCCCC1.C1CCOCC1.C1COCOC1.Cc1ccc(F)cc1C.Fc1cccc(F)c1.Fc1ccccc1.Fc1ccccc1.c1ccccc1. The van der Waals surface area contributed by atoms with Crippen LogP contribution in [0.5, 0.6) is 0 Å². The van der Waals surface area contributed by atoms with Crippen LogP contribution in [0.2, 0.25) is 0 Å². The number of hydrogen-bond donors (Lipinski definition) is 0. The Balaban J connectivity index is 0.000000316. The number of rotatable bonds is 0. The normalized spacial score (nSPS) is 13.9. The molecule has 3 nitrogen and oxygen atoms in total. The van der Waals surface area contributed by atoms with Gasteiger partial charge in [0.15, 0.2) is 0 Å². The Hall–Kier alpha value is -4.37. The fourth-order valence-electron chi connectivity index (χ4n) is 4.57. The topological polar surface area (TPSA) is 27.7 Å². The molecule has 2 aliphatic heterocycles. The fraction of sp³-hybridized carbons (Fsp3) is 0.362. The van der Waals surface area contributed by atoms with E-state index in [-0.39, 0.29) is 17.5 Å². The second kappa shape index (κ2) is 35.3. The molecule has 0 bridgehead atoms. The zero-order valence-electron chi connectivity index (χ0n) is 32.5. The molecule has 3 aliphatic rings. The van der Waals surface area contributed by atoms with Crippen LogP contribution < -0.4 is 0 Å². The van der Waals surface area contributed by atoms with Gasteiger partial charge in [-0.2, -0.15) is 0 Å². The summed E-state index contributed by atoms with van der Waals surface area (Å²) in [6, 6.07) is 37.2. The quantitative estimate of drug-likeness (QED) is 0.147. The van der Waals surface area contributed by atoms with Crippen LogP contribution in [0.15, 0.2) is 140 Å². The number of ether oxygens (including phenoxy) is 3. The molecule has 8 rings (SSSR count). The minimum atomic E-state index is -0.537. The van der Waals surface area contributed by atoms with E-state index in [1.807, 2.05) is 50.2 Å². The molecule has 2 heterocycles. The first-order valence-electron chi connectivity index (χ1n) is 19.1. The highest BCUT2D eigenvalue weighted by Crippen LogP contribution is 2.15. The highest BCUT2D eigenvalue weighted by atomic mass is 19.1. The van der Waals surface area contributed by atoms with Crippen LogP contribution in [0, 0.1) is 42.9 Å². The highest BCUT2D eigenvalue weighted by Gasteiger charge is 1.96. The molecule has 2 saturated heterocycles. The van der Waals surface area contributed by atoms with Crippen molar-refractivity contribution in [2.24, 2.45) is 0 Å². The van der Waals surface area contributed by atoms with E-state index in [2.05, 4.69) is 0 Å². The van der Waals surface area contributed by atoms with Crippen molar-refractivity contribution in [2.75, 3.05) is 33.2 Å². The first-order chi connectivity index (χ1) is 26.8. The van der Waals surface area contributed by atoms with Crippen molar-refractivity contribution >= 4 is 0 Å². The summed E-state index contributed by atoms with van der Waals surface area (Å²) in [6.07, 6.45) is 14.0. The number of halogens is 5. The van der Waals surface area contributed by atoms with E-state index in [1.165, 1.54) is 112 Å². The summed E-state index contributed by atoms with van der Waals surface area (Å²) in [5.74, 6) is -1.59. The van der Waals surface area contributed by atoms with E-state index in [1.54, 1.807) is 42.5 Å². The van der Waals surface area contributed by atoms with Crippen molar-refractivity contribution in [2.45, 2.75) is 78.1 Å². The average Bonchev–Trinajstić information content (AvgIpc) is 3.24. The van der Waals surface area contributed by atoms with Gasteiger partial charge in [0.1, 0.15) is 35.9 Å². The van der Waals surface area contributed by atoms with E-state index in [4.69, 9.17) is 14.2 Å². The maximum Gasteiger partial charge on any atom is 0.146 e. The van der Waals surface area contributed by atoms with Gasteiger partial charge in [0.2, 0.25) is 0 Å². The minimum Gasteiger partial charge on any atom is -0.381 e. The monoisotopic (exact) mass is 766 g/mol. The summed E-state index contributed by atoms with van der Waals surface area (Å²) in [4.78, 5) is 0. The molecule has 0 N–H and O–H groups in total. The molecule has 0 radical (unpaired) electrons. The Bertz CT molecular complexity index is 1390. The van der Waals surface area contributed by atoms with E-state index in [0.717, 1.165) is 50.0 Å². The smallest absolute Gasteiger partial charge is 0.146 e. The number of hydrogen-bond acceptors (Lipinski definition) is 3. The van der Waals surface area contributed by atoms with Crippen LogP contribution in [0.4, 0.5) is 22.0 Å². The molecule has 1 aliphatic carbocycles. The molecule has 0 amide bonds. The third kappa shape index (κ3) is 32.8. The van der Waals surface area contributed by atoms with Crippen molar-refractivity contribution < 1.29 is 36.2 Å². The molecule has 1 saturated carbocycles. The predicted octanol–water partition coefficient (Wildman–Crippen LogP) is 13.7. The second-order valence-electron chi connectivity index (χ2n) is 12.5. The van der Waals surface area contributed by atoms with Crippen LogP contribution in [-0.4, -0.2) is 33.2 Å². The molecule has 5 aromatic rings. The van der Waals surface area contributed by atoms with Crippen molar-refractivity contribution in [3.05, 3.63) is 180 Å². The molecule has 8 heteroatoms. The Morgan fingerprint density at radius 3 is 0.873 bits per heavy atom. The van der Waals surface area contributed by atoms with Crippen LogP contribution in [0.1, 0.15) is 75.3 Å².